The molecule has 0 radical (unpaired) electrons. The molecule has 0 amide bonds. The van der Waals surface area contributed by atoms with E-state index in [0.29, 0.717) is 17.4 Å². The first-order valence-corrected chi connectivity index (χ1v) is 6.37. The van der Waals surface area contributed by atoms with E-state index in [2.05, 4.69) is 9.97 Å². The first-order valence-electron chi connectivity index (χ1n) is 6.37. The van der Waals surface area contributed by atoms with Crippen molar-refractivity contribution in [3.05, 3.63) is 60.0 Å². The average Bonchev–Trinajstić information content (AvgIpc) is 2.53. The number of pyridine rings is 2. The van der Waals surface area contributed by atoms with E-state index in [0.717, 1.165) is 6.07 Å². The quantitative estimate of drug-likeness (QED) is 0.668. The summed E-state index contributed by atoms with van der Waals surface area (Å²) < 4.78 is 39.3. The van der Waals surface area contributed by atoms with E-state index < -0.39 is 11.7 Å². The van der Waals surface area contributed by atoms with Crippen LogP contribution in [0, 0.1) is 0 Å². The van der Waals surface area contributed by atoms with Crippen molar-refractivity contribution in [2.75, 3.05) is 0 Å². The molecule has 22 heavy (non-hydrogen) atoms. The molecule has 0 aliphatic carbocycles. The molecule has 0 N–H and O–H groups in total. The Morgan fingerprint density at radius 2 is 1.77 bits per heavy atom. The minimum atomic E-state index is -4.51. The van der Waals surface area contributed by atoms with Crippen molar-refractivity contribution in [2.45, 2.75) is 6.18 Å². The molecule has 0 spiro atoms. The molecule has 110 valence electrons. The summed E-state index contributed by atoms with van der Waals surface area (Å²) in [5, 5.41) is 0.283. The molecule has 0 unspecified atom stereocenters. The number of carbonyl (C=O) groups is 1. The molecule has 0 aliphatic rings. The molecule has 0 saturated carbocycles. The van der Waals surface area contributed by atoms with Crippen LogP contribution in [0.3, 0.4) is 0 Å². The zero-order valence-electron chi connectivity index (χ0n) is 11.1. The summed E-state index contributed by atoms with van der Waals surface area (Å²) in [7, 11) is 0. The van der Waals surface area contributed by atoms with Gasteiger partial charge in [-0.25, -0.2) is 0 Å². The maximum Gasteiger partial charge on any atom is 0.418 e. The van der Waals surface area contributed by atoms with Crippen LogP contribution >= 0.6 is 0 Å². The second-order valence-electron chi connectivity index (χ2n) is 4.64. The Balaban J connectivity index is 2.42. The third kappa shape index (κ3) is 2.32. The number of aldehydes is 1. The van der Waals surface area contributed by atoms with Gasteiger partial charge < -0.3 is 0 Å². The first-order chi connectivity index (χ1) is 10.5. The standard InChI is InChI=1S/C16H9F3N2O/c17-16(18,19)13-3-1-2-12-14(10-4-6-20-7-5-10)11(9-22)8-21-15(12)13/h1-9H. The third-order valence-corrected chi connectivity index (χ3v) is 3.33. The molecule has 1 aromatic carbocycles. The predicted molar refractivity (Wildman–Crippen MR) is 75.4 cm³/mol. The first kappa shape index (κ1) is 14.2. The van der Waals surface area contributed by atoms with Gasteiger partial charge in [-0.15, -0.1) is 0 Å². The van der Waals surface area contributed by atoms with Gasteiger partial charge in [-0.3, -0.25) is 14.8 Å². The van der Waals surface area contributed by atoms with Crippen LogP contribution in [0.15, 0.2) is 48.9 Å². The van der Waals surface area contributed by atoms with E-state index in [1.165, 1.54) is 30.7 Å². The number of halogens is 3. The van der Waals surface area contributed by atoms with Crippen molar-refractivity contribution in [3.8, 4) is 11.1 Å². The minimum absolute atomic E-state index is 0.174. The SMILES string of the molecule is O=Cc1cnc2c(C(F)(F)F)cccc2c1-c1ccncc1. The fourth-order valence-corrected chi connectivity index (χ4v) is 2.40. The number of benzene rings is 1. The summed E-state index contributed by atoms with van der Waals surface area (Å²) >= 11 is 0. The van der Waals surface area contributed by atoms with Crippen molar-refractivity contribution in [1.29, 1.82) is 0 Å². The Hall–Kier alpha value is -2.76. The second kappa shape index (κ2) is 5.22. The van der Waals surface area contributed by atoms with Crippen LogP contribution < -0.4 is 0 Å². The average molecular weight is 302 g/mol. The van der Waals surface area contributed by atoms with E-state index in [1.807, 2.05) is 0 Å². The molecular weight excluding hydrogens is 293 g/mol. The molecule has 0 bridgehead atoms. The smallest absolute Gasteiger partial charge is 0.298 e. The van der Waals surface area contributed by atoms with Crippen molar-refractivity contribution in [2.24, 2.45) is 0 Å². The van der Waals surface area contributed by atoms with Crippen molar-refractivity contribution < 1.29 is 18.0 Å². The monoisotopic (exact) mass is 302 g/mol. The van der Waals surface area contributed by atoms with E-state index in [4.69, 9.17) is 0 Å². The highest BCUT2D eigenvalue weighted by Crippen LogP contribution is 2.37. The van der Waals surface area contributed by atoms with Gasteiger partial charge in [0.15, 0.2) is 6.29 Å². The van der Waals surface area contributed by atoms with Crippen LogP contribution in [0.2, 0.25) is 0 Å². The lowest BCUT2D eigenvalue weighted by Crippen LogP contribution is -2.07. The maximum absolute atomic E-state index is 13.1. The van der Waals surface area contributed by atoms with Gasteiger partial charge in [-0.2, -0.15) is 13.2 Å². The minimum Gasteiger partial charge on any atom is -0.298 e. The molecule has 6 heteroatoms. The Kier molecular flexibility index (Phi) is 3.36. The summed E-state index contributed by atoms with van der Waals surface area (Å²) in [6.07, 6.45) is 0.279. The fraction of sp³-hybridized carbons (Fsp3) is 0.0625. The van der Waals surface area contributed by atoms with Crippen molar-refractivity contribution in [1.82, 2.24) is 9.97 Å². The van der Waals surface area contributed by atoms with Crippen LogP contribution in [0.25, 0.3) is 22.0 Å². The Morgan fingerprint density at radius 1 is 1.05 bits per heavy atom. The molecule has 0 saturated heterocycles. The molecule has 0 aliphatic heterocycles. The number of carbonyl (C=O) groups excluding carboxylic acids is 1. The highest BCUT2D eigenvalue weighted by molar-refractivity contribution is 6.03. The van der Waals surface area contributed by atoms with Crippen molar-refractivity contribution >= 4 is 17.2 Å². The van der Waals surface area contributed by atoms with Crippen LogP contribution in [0.5, 0.6) is 0 Å². The number of hydrogen-bond acceptors (Lipinski definition) is 3. The number of hydrogen-bond donors (Lipinski definition) is 0. The summed E-state index contributed by atoms with van der Waals surface area (Å²) in [5.74, 6) is 0. The number of rotatable bonds is 2. The van der Waals surface area contributed by atoms with Gasteiger partial charge in [0, 0.05) is 35.1 Å². The van der Waals surface area contributed by atoms with Crippen molar-refractivity contribution in [3.63, 3.8) is 0 Å². The van der Waals surface area contributed by atoms with Crippen LogP contribution in [0.1, 0.15) is 15.9 Å². The summed E-state index contributed by atoms with van der Waals surface area (Å²) in [6.45, 7) is 0. The third-order valence-electron chi connectivity index (χ3n) is 3.33. The summed E-state index contributed by atoms with van der Waals surface area (Å²) in [6, 6.07) is 7.10. The van der Waals surface area contributed by atoms with Gasteiger partial charge in [0.2, 0.25) is 0 Å². The number of aromatic nitrogens is 2. The lowest BCUT2D eigenvalue weighted by molar-refractivity contribution is -0.136. The maximum atomic E-state index is 13.1. The van der Waals surface area contributed by atoms with E-state index in [1.54, 1.807) is 12.1 Å². The molecule has 0 fully saturated rings. The van der Waals surface area contributed by atoms with Crippen LogP contribution in [0.4, 0.5) is 13.2 Å². The number of para-hydroxylation sites is 1. The largest absolute Gasteiger partial charge is 0.418 e. The Labute approximate surface area is 123 Å². The number of nitrogens with zero attached hydrogens (tertiary/aromatic N) is 2. The Bertz CT molecular complexity index is 845. The normalized spacial score (nSPS) is 11.6. The lowest BCUT2D eigenvalue weighted by Gasteiger charge is -2.13. The van der Waals surface area contributed by atoms with Crippen LogP contribution in [-0.4, -0.2) is 16.3 Å². The lowest BCUT2D eigenvalue weighted by atomic mass is 9.96. The van der Waals surface area contributed by atoms with Gasteiger partial charge in [0.05, 0.1) is 11.1 Å². The van der Waals surface area contributed by atoms with E-state index in [-0.39, 0.29) is 16.5 Å². The topological polar surface area (TPSA) is 42.9 Å². The zero-order chi connectivity index (χ0) is 15.7. The molecule has 0 atom stereocenters. The zero-order valence-corrected chi connectivity index (χ0v) is 11.1. The molecule has 2 aromatic heterocycles. The fourth-order valence-electron chi connectivity index (χ4n) is 2.40. The van der Waals surface area contributed by atoms with Gasteiger partial charge >= 0.3 is 6.18 Å². The molecule has 3 aromatic rings. The van der Waals surface area contributed by atoms with Gasteiger partial charge in [-0.05, 0) is 23.8 Å². The summed E-state index contributed by atoms with van der Waals surface area (Å²) in [4.78, 5) is 19.0. The molecule has 3 nitrogen and oxygen atoms in total. The summed E-state index contributed by atoms with van der Waals surface area (Å²) in [5.41, 5.74) is 0.278. The number of fused-ring (bicyclic) bond motifs is 1. The highest BCUT2D eigenvalue weighted by atomic mass is 19.4. The highest BCUT2D eigenvalue weighted by Gasteiger charge is 2.33. The molecular formula is C16H9F3N2O. The van der Waals surface area contributed by atoms with E-state index in [9.17, 15) is 18.0 Å². The van der Waals surface area contributed by atoms with E-state index >= 15 is 0 Å². The van der Waals surface area contributed by atoms with Crippen LogP contribution in [-0.2, 0) is 6.18 Å². The van der Waals surface area contributed by atoms with Gasteiger partial charge in [0.25, 0.3) is 0 Å². The Morgan fingerprint density at radius 3 is 2.41 bits per heavy atom. The predicted octanol–water partition coefficient (Wildman–Crippen LogP) is 4.13. The number of alkyl halides is 3. The second-order valence-corrected chi connectivity index (χ2v) is 4.64. The van der Waals surface area contributed by atoms with Gasteiger partial charge in [-0.1, -0.05) is 12.1 Å². The van der Waals surface area contributed by atoms with Gasteiger partial charge in [0.1, 0.15) is 0 Å². The molecule has 2 heterocycles. The molecule has 3 rings (SSSR count).